The minimum Gasteiger partial charge on any atom is -0.338 e. The number of halogens is 1. The number of hydrogen-bond acceptors (Lipinski definition) is 1. The van der Waals surface area contributed by atoms with Crippen LogP contribution in [-0.4, -0.2) is 19.6 Å². The van der Waals surface area contributed by atoms with Crippen molar-refractivity contribution in [1.82, 2.24) is 5.32 Å². The van der Waals surface area contributed by atoms with Gasteiger partial charge in [-0.1, -0.05) is 52.3 Å². The number of hydrogen-bond donors (Lipinski definition) is 1. The summed E-state index contributed by atoms with van der Waals surface area (Å²) in [4.78, 5) is 13.7. The lowest BCUT2D eigenvalue weighted by Gasteiger charge is -2.18. The van der Waals surface area contributed by atoms with Crippen LogP contribution >= 0.6 is 15.9 Å². The lowest BCUT2D eigenvalue weighted by Crippen LogP contribution is -2.37. The van der Waals surface area contributed by atoms with Gasteiger partial charge in [0.2, 0.25) is 0 Å². The van der Waals surface area contributed by atoms with Crippen LogP contribution in [0.5, 0.6) is 0 Å². The summed E-state index contributed by atoms with van der Waals surface area (Å²) in [6.07, 6.45) is 1.91. The van der Waals surface area contributed by atoms with E-state index in [1.807, 2.05) is 42.5 Å². The van der Waals surface area contributed by atoms with Crippen LogP contribution in [0.2, 0.25) is 0 Å². The van der Waals surface area contributed by atoms with Crippen molar-refractivity contribution in [2.75, 3.05) is 18.5 Å². The van der Waals surface area contributed by atoms with Crippen molar-refractivity contribution >= 4 is 27.6 Å². The molecule has 4 heteroatoms. The van der Waals surface area contributed by atoms with Gasteiger partial charge in [-0.3, -0.25) is 4.90 Å². The topological polar surface area (TPSA) is 32.3 Å². The summed E-state index contributed by atoms with van der Waals surface area (Å²) >= 11 is 3.41. The molecular formula is C17H19BrN2O. The number of urea groups is 1. The lowest BCUT2D eigenvalue weighted by molar-refractivity contribution is 0.247. The van der Waals surface area contributed by atoms with Crippen LogP contribution in [-0.2, 0) is 6.42 Å². The van der Waals surface area contributed by atoms with E-state index in [0.717, 1.165) is 23.0 Å². The van der Waals surface area contributed by atoms with Gasteiger partial charge in [0.15, 0.2) is 0 Å². The first-order valence-corrected chi connectivity index (χ1v) is 7.77. The minimum absolute atomic E-state index is 0.0823. The molecule has 0 bridgehead atoms. The highest BCUT2D eigenvalue weighted by Crippen LogP contribution is 2.18. The normalized spacial score (nSPS) is 10.2. The van der Waals surface area contributed by atoms with Gasteiger partial charge in [-0.05, 0) is 36.6 Å². The SMILES string of the molecule is CN(C(=O)NCCCc1ccccc1)c1cccc(Br)c1. The Balaban J connectivity index is 1.77. The first-order valence-electron chi connectivity index (χ1n) is 6.98. The zero-order valence-electron chi connectivity index (χ0n) is 12.1. The predicted molar refractivity (Wildman–Crippen MR) is 90.7 cm³/mol. The van der Waals surface area contributed by atoms with Crippen molar-refractivity contribution in [3.05, 3.63) is 64.6 Å². The molecule has 0 unspecified atom stereocenters. The third-order valence-corrected chi connectivity index (χ3v) is 3.75. The fourth-order valence-corrected chi connectivity index (χ4v) is 2.44. The van der Waals surface area contributed by atoms with E-state index < -0.39 is 0 Å². The Morgan fingerprint density at radius 2 is 1.90 bits per heavy atom. The Hall–Kier alpha value is -1.81. The highest BCUT2D eigenvalue weighted by molar-refractivity contribution is 9.10. The second-order valence-electron chi connectivity index (χ2n) is 4.86. The fourth-order valence-electron chi connectivity index (χ4n) is 2.05. The molecule has 0 fully saturated rings. The molecule has 2 rings (SSSR count). The van der Waals surface area contributed by atoms with Crippen LogP contribution in [0.4, 0.5) is 10.5 Å². The number of carbonyl (C=O) groups excluding carboxylic acids is 1. The average Bonchev–Trinajstić information content (AvgIpc) is 2.51. The average molecular weight is 347 g/mol. The molecule has 2 aromatic carbocycles. The molecule has 1 N–H and O–H groups in total. The largest absolute Gasteiger partial charge is 0.338 e. The Bertz CT molecular complexity index is 586. The smallest absolute Gasteiger partial charge is 0.321 e. The van der Waals surface area contributed by atoms with Crippen molar-refractivity contribution in [2.45, 2.75) is 12.8 Å². The third kappa shape index (κ3) is 4.90. The standard InChI is InChI=1S/C17H19BrN2O/c1-20(16-11-5-10-15(18)13-16)17(21)19-12-6-9-14-7-3-2-4-8-14/h2-5,7-8,10-11,13H,6,9,12H2,1H3,(H,19,21). The summed E-state index contributed by atoms with van der Waals surface area (Å²) in [6.45, 7) is 0.673. The monoisotopic (exact) mass is 346 g/mol. The van der Waals surface area contributed by atoms with Crippen molar-refractivity contribution in [3.63, 3.8) is 0 Å². The van der Waals surface area contributed by atoms with Gasteiger partial charge in [-0.2, -0.15) is 0 Å². The molecule has 3 nitrogen and oxygen atoms in total. The molecule has 0 aromatic heterocycles. The van der Waals surface area contributed by atoms with Crippen molar-refractivity contribution in [3.8, 4) is 0 Å². The lowest BCUT2D eigenvalue weighted by atomic mass is 10.1. The zero-order valence-corrected chi connectivity index (χ0v) is 13.6. The van der Waals surface area contributed by atoms with E-state index in [2.05, 4.69) is 33.4 Å². The fraction of sp³-hybridized carbons (Fsp3) is 0.235. The van der Waals surface area contributed by atoms with Gasteiger partial charge in [0.25, 0.3) is 0 Å². The third-order valence-electron chi connectivity index (χ3n) is 3.26. The van der Waals surface area contributed by atoms with Crippen molar-refractivity contribution in [2.24, 2.45) is 0 Å². The Kier molecular flexibility index (Phi) is 5.81. The molecule has 0 aliphatic heterocycles. The number of anilines is 1. The van der Waals surface area contributed by atoms with E-state index in [0.29, 0.717) is 6.54 Å². The molecular weight excluding hydrogens is 328 g/mol. The molecule has 0 heterocycles. The van der Waals surface area contributed by atoms with E-state index in [9.17, 15) is 4.79 Å². The first kappa shape index (κ1) is 15.6. The summed E-state index contributed by atoms with van der Waals surface area (Å²) in [5, 5.41) is 2.94. The van der Waals surface area contributed by atoms with Crippen LogP contribution in [0.25, 0.3) is 0 Å². The summed E-state index contributed by atoms with van der Waals surface area (Å²) in [5.41, 5.74) is 2.16. The molecule has 0 saturated carbocycles. The maximum atomic E-state index is 12.1. The number of carbonyl (C=O) groups is 1. The van der Waals surface area contributed by atoms with Gasteiger partial charge in [-0.25, -0.2) is 4.79 Å². The Labute approximate surface area is 134 Å². The number of benzene rings is 2. The van der Waals surface area contributed by atoms with Gasteiger partial charge in [-0.15, -0.1) is 0 Å². The number of aryl methyl sites for hydroxylation is 1. The zero-order chi connectivity index (χ0) is 15.1. The number of amides is 2. The molecule has 0 radical (unpaired) electrons. The second kappa shape index (κ2) is 7.84. The summed E-state index contributed by atoms with van der Waals surface area (Å²) < 4.78 is 0.962. The highest BCUT2D eigenvalue weighted by Gasteiger charge is 2.09. The highest BCUT2D eigenvalue weighted by atomic mass is 79.9. The van der Waals surface area contributed by atoms with Crippen LogP contribution in [0.3, 0.4) is 0 Å². The van der Waals surface area contributed by atoms with E-state index in [1.54, 1.807) is 11.9 Å². The van der Waals surface area contributed by atoms with E-state index in [1.165, 1.54) is 5.56 Å². The van der Waals surface area contributed by atoms with Crippen LogP contribution in [0.15, 0.2) is 59.1 Å². The molecule has 0 atom stereocenters. The molecule has 21 heavy (non-hydrogen) atoms. The molecule has 0 saturated heterocycles. The van der Waals surface area contributed by atoms with E-state index in [4.69, 9.17) is 0 Å². The molecule has 0 spiro atoms. The van der Waals surface area contributed by atoms with Crippen molar-refractivity contribution < 1.29 is 4.79 Å². The van der Waals surface area contributed by atoms with Gasteiger partial charge in [0.1, 0.15) is 0 Å². The van der Waals surface area contributed by atoms with Crippen LogP contribution in [0.1, 0.15) is 12.0 Å². The van der Waals surface area contributed by atoms with Crippen molar-refractivity contribution in [1.29, 1.82) is 0 Å². The minimum atomic E-state index is -0.0823. The second-order valence-corrected chi connectivity index (χ2v) is 5.78. The summed E-state index contributed by atoms with van der Waals surface area (Å²) in [5.74, 6) is 0. The number of nitrogens with one attached hydrogen (secondary N) is 1. The Morgan fingerprint density at radius 3 is 2.62 bits per heavy atom. The molecule has 2 aromatic rings. The maximum absolute atomic E-state index is 12.1. The van der Waals surface area contributed by atoms with Gasteiger partial charge in [0.05, 0.1) is 0 Å². The van der Waals surface area contributed by atoms with Crippen LogP contribution in [0, 0.1) is 0 Å². The van der Waals surface area contributed by atoms with Gasteiger partial charge in [0, 0.05) is 23.8 Å². The summed E-state index contributed by atoms with van der Waals surface area (Å²) in [6, 6.07) is 17.9. The molecule has 0 aliphatic rings. The van der Waals surface area contributed by atoms with E-state index >= 15 is 0 Å². The maximum Gasteiger partial charge on any atom is 0.321 e. The molecule has 0 aliphatic carbocycles. The first-order chi connectivity index (χ1) is 10.2. The van der Waals surface area contributed by atoms with E-state index in [-0.39, 0.29) is 6.03 Å². The number of nitrogens with zero attached hydrogens (tertiary/aromatic N) is 1. The molecule has 2 amide bonds. The number of rotatable bonds is 5. The quantitative estimate of drug-likeness (QED) is 0.807. The van der Waals surface area contributed by atoms with Gasteiger partial charge < -0.3 is 5.32 Å². The predicted octanol–water partition coefficient (Wildman–Crippen LogP) is 4.23. The summed E-state index contributed by atoms with van der Waals surface area (Å²) in [7, 11) is 1.77. The van der Waals surface area contributed by atoms with Crippen LogP contribution < -0.4 is 10.2 Å². The van der Waals surface area contributed by atoms with Gasteiger partial charge >= 0.3 is 6.03 Å². The molecule has 110 valence electrons. The Morgan fingerprint density at radius 1 is 1.14 bits per heavy atom.